The Morgan fingerprint density at radius 3 is 2.89 bits per heavy atom. The fourth-order valence-electron chi connectivity index (χ4n) is 2.84. The van der Waals surface area contributed by atoms with Crippen LogP contribution in [0.2, 0.25) is 0 Å². The van der Waals surface area contributed by atoms with Gasteiger partial charge < -0.3 is 15.2 Å². The van der Waals surface area contributed by atoms with Gasteiger partial charge in [-0.25, -0.2) is 0 Å². The molecule has 0 aliphatic heterocycles. The van der Waals surface area contributed by atoms with Crippen LogP contribution in [0.1, 0.15) is 52.4 Å². The van der Waals surface area contributed by atoms with Crippen LogP contribution in [0.25, 0.3) is 0 Å². The van der Waals surface area contributed by atoms with Gasteiger partial charge in [-0.2, -0.15) is 0 Å². The van der Waals surface area contributed by atoms with E-state index in [1.54, 1.807) is 0 Å². The standard InChI is InChI=1S/C15H31NO2/c1-3-8-16-15(7-9-17)12-18-11-14-6-4-5-13(2)10-14/h13-17H,3-12H2,1-2H3. The normalized spacial score (nSPS) is 26.2. The predicted octanol–water partition coefficient (Wildman–Crippen LogP) is 2.58. The highest BCUT2D eigenvalue weighted by molar-refractivity contribution is 4.71. The lowest BCUT2D eigenvalue weighted by atomic mass is 9.83. The van der Waals surface area contributed by atoms with E-state index in [1.807, 2.05) is 0 Å². The third kappa shape index (κ3) is 6.72. The largest absolute Gasteiger partial charge is 0.396 e. The van der Waals surface area contributed by atoms with Crippen molar-refractivity contribution >= 4 is 0 Å². The molecule has 1 rings (SSSR count). The number of hydrogen-bond acceptors (Lipinski definition) is 3. The highest BCUT2D eigenvalue weighted by Gasteiger charge is 2.19. The van der Waals surface area contributed by atoms with Crippen LogP contribution in [0, 0.1) is 11.8 Å². The average molecular weight is 257 g/mol. The quantitative estimate of drug-likeness (QED) is 0.667. The molecule has 0 aromatic carbocycles. The average Bonchev–Trinajstić information content (AvgIpc) is 2.36. The zero-order valence-electron chi connectivity index (χ0n) is 12.2. The molecule has 108 valence electrons. The summed E-state index contributed by atoms with van der Waals surface area (Å²) in [6.45, 7) is 7.40. The third-order valence-corrected chi connectivity index (χ3v) is 3.88. The van der Waals surface area contributed by atoms with E-state index in [-0.39, 0.29) is 6.61 Å². The molecule has 0 spiro atoms. The Bertz CT molecular complexity index is 199. The van der Waals surface area contributed by atoms with Crippen molar-refractivity contribution in [2.24, 2.45) is 11.8 Å². The Morgan fingerprint density at radius 2 is 2.22 bits per heavy atom. The molecule has 1 aliphatic rings. The van der Waals surface area contributed by atoms with Crippen molar-refractivity contribution in [3.63, 3.8) is 0 Å². The minimum absolute atomic E-state index is 0.241. The monoisotopic (exact) mass is 257 g/mol. The molecule has 1 fully saturated rings. The molecule has 0 aromatic rings. The van der Waals surface area contributed by atoms with Gasteiger partial charge in [0.1, 0.15) is 0 Å². The molecule has 0 saturated heterocycles. The fourth-order valence-corrected chi connectivity index (χ4v) is 2.84. The lowest BCUT2D eigenvalue weighted by Gasteiger charge is -2.27. The molecule has 2 N–H and O–H groups in total. The molecule has 3 atom stereocenters. The molecule has 0 bridgehead atoms. The number of rotatable bonds is 9. The van der Waals surface area contributed by atoms with Gasteiger partial charge >= 0.3 is 0 Å². The summed E-state index contributed by atoms with van der Waals surface area (Å²) in [7, 11) is 0. The lowest BCUT2D eigenvalue weighted by Crippen LogP contribution is -2.35. The van der Waals surface area contributed by atoms with Crippen molar-refractivity contribution in [2.45, 2.75) is 58.4 Å². The molecule has 0 amide bonds. The maximum absolute atomic E-state index is 9.02. The van der Waals surface area contributed by atoms with Gasteiger partial charge in [0, 0.05) is 19.3 Å². The molecule has 3 unspecified atom stereocenters. The topological polar surface area (TPSA) is 41.5 Å². The SMILES string of the molecule is CCCNC(CCO)COCC1CCCC(C)C1. The second-order valence-corrected chi connectivity index (χ2v) is 5.84. The second-order valence-electron chi connectivity index (χ2n) is 5.84. The molecule has 1 saturated carbocycles. The molecule has 3 nitrogen and oxygen atoms in total. The fraction of sp³-hybridized carbons (Fsp3) is 1.00. The van der Waals surface area contributed by atoms with Gasteiger partial charge in [-0.1, -0.05) is 26.7 Å². The van der Waals surface area contributed by atoms with E-state index in [1.165, 1.54) is 25.7 Å². The van der Waals surface area contributed by atoms with Crippen molar-refractivity contribution in [1.82, 2.24) is 5.32 Å². The molecular formula is C15H31NO2. The van der Waals surface area contributed by atoms with E-state index >= 15 is 0 Å². The van der Waals surface area contributed by atoms with Crippen molar-refractivity contribution in [2.75, 3.05) is 26.4 Å². The summed E-state index contributed by atoms with van der Waals surface area (Å²) in [5.41, 5.74) is 0. The zero-order chi connectivity index (χ0) is 13.2. The maximum Gasteiger partial charge on any atom is 0.0620 e. The maximum atomic E-state index is 9.02. The highest BCUT2D eigenvalue weighted by Crippen LogP contribution is 2.28. The molecule has 0 radical (unpaired) electrons. The van der Waals surface area contributed by atoms with Crippen molar-refractivity contribution in [1.29, 1.82) is 0 Å². The molecule has 18 heavy (non-hydrogen) atoms. The van der Waals surface area contributed by atoms with Gasteiger partial charge in [-0.3, -0.25) is 0 Å². The Balaban J connectivity index is 2.12. The highest BCUT2D eigenvalue weighted by atomic mass is 16.5. The number of aliphatic hydroxyl groups is 1. The van der Waals surface area contributed by atoms with E-state index < -0.39 is 0 Å². The second kappa shape index (κ2) is 9.76. The van der Waals surface area contributed by atoms with Crippen LogP contribution < -0.4 is 5.32 Å². The molecule has 0 aromatic heterocycles. The van der Waals surface area contributed by atoms with E-state index in [9.17, 15) is 0 Å². The van der Waals surface area contributed by atoms with Gasteiger partial charge in [-0.05, 0) is 44.1 Å². The van der Waals surface area contributed by atoms with Gasteiger partial charge in [0.05, 0.1) is 6.61 Å². The Labute approximate surface area is 112 Å². The molecule has 1 aliphatic carbocycles. The first-order valence-electron chi connectivity index (χ1n) is 7.68. The molecule has 3 heteroatoms. The van der Waals surface area contributed by atoms with Crippen molar-refractivity contribution in [3.05, 3.63) is 0 Å². The van der Waals surface area contributed by atoms with Crippen LogP contribution in [-0.2, 0) is 4.74 Å². The van der Waals surface area contributed by atoms with Gasteiger partial charge in [0.25, 0.3) is 0 Å². The summed E-state index contributed by atoms with van der Waals surface area (Å²) in [4.78, 5) is 0. The first-order chi connectivity index (χ1) is 8.76. The summed E-state index contributed by atoms with van der Waals surface area (Å²) >= 11 is 0. The summed E-state index contributed by atoms with van der Waals surface area (Å²) in [6.07, 6.45) is 7.33. The Hall–Kier alpha value is -0.120. The van der Waals surface area contributed by atoms with E-state index in [2.05, 4.69) is 19.2 Å². The molecule has 0 heterocycles. The van der Waals surface area contributed by atoms with Crippen molar-refractivity contribution in [3.8, 4) is 0 Å². The van der Waals surface area contributed by atoms with Crippen LogP contribution in [0.5, 0.6) is 0 Å². The van der Waals surface area contributed by atoms with Gasteiger partial charge in [0.15, 0.2) is 0 Å². The summed E-state index contributed by atoms with van der Waals surface area (Å²) in [5.74, 6) is 1.63. The number of hydrogen-bond donors (Lipinski definition) is 2. The van der Waals surface area contributed by atoms with E-state index in [0.717, 1.165) is 44.4 Å². The predicted molar refractivity (Wildman–Crippen MR) is 75.7 cm³/mol. The minimum Gasteiger partial charge on any atom is -0.396 e. The summed E-state index contributed by atoms with van der Waals surface area (Å²) in [6, 6.07) is 0.316. The van der Waals surface area contributed by atoms with Gasteiger partial charge in [-0.15, -0.1) is 0 Å². The number of aliphatic hydroxyl groups excluding tert-OH is 1. The van der Waals surface area contributed by atoms with Crippen molar-refractivity contribution < 1.29 is 9.84 Å². The first-order valence-corrected chi connectivity index (χ1v) is 7.68. The van der Waals surface area contributed by atoms with Crippen LogP contribution in [0.4, 0.5) is 0 Å². The van der Waals surface area contributed by atoms with Gasteiger partial charge in [0.2, 0.25) is 0 Å². The molecular weight excluding hydrogens is 226 g/mol. The summed E-state index contributed by atoms with van der Waals surface area (Å²) < 4.78 is 5.86. The Morgan fingerprint density at radius 1 is 1.39 bits per heavy atom. The Kier molecular flexibility index (Phi) is 8.64. The lowest BCUT2D eigenvalue weighted by molar-refractivity contribution is 0.0573. The van der Waals surface area contributed by atoms with Crippen LogP contribution in [-0.4, -0.2) is 37.5 Å². The first kappa shape index (κ1) is 15.9. The van der Waals surface area contributed by atoms with Crippen LogP contribution >= 0.6 is 0 Å². The third-order valence-electron chi connectivity index (χ3n) is 3.88. The van der Waals surface area contributed by atoms with Crippen LogP contribution in [0.15, 0.2) is 0 Å². The minimum atomic E-state index is 0.241. The van der Waals surface area contributed by atoms with E-state index in [4.69, 9.17) is 9.84 Å². The summed E-state index contributed by atoms with van der Waals surface area (Å²) in [5, 5.41) is 12.5. The van der Waals surface area contributed by atoms with Crippen LogP contribution in [0.3, 0.4) is 0 Å². The van der Waals surface area contributed by atoms with E-state index in [0.29, 0.717) is 6.04 Å². The smallest absolute Gasteiger partial charge is 0.0620 e. The number of nitrogens with one attached hydrogen (secondary N) is 1. The number of ether oxygens (including phenoxy) is 1. The zero-order valence-corrected chi connectivity index (χ0v) is 12.2.